The van der Waals surface area contributed by atoms with E-state index in [1.54, 1.807) is 0 Å². The first-order valence-electron chi connectivity index (χ1n) is 11.2. The second-order valence-corrected chi connectivity index (χ2v) is 15.0. The number of halogens is 2. The molecule has 0 N–H and O–H groups in total. The van der Waals surface area contributed by atoms with Crippen LogP contribution < -0.4 is 0 Å². The second-order valence-electron chi connectivity index (χ2n) is 11.3. The van der Waals surface area contributed by atoms with Crippen molar-refractivity contribution in [3.8, 4) is 0 Å². The first-order valence-corrected chi connectivity index (χ1v) is 17.5. The van der Waals surface area contributed by atoms with Gasteiger partial charge in [-0.05, 0) is 59.0 Å². The Labute approximate surface area is 217 Å². The SMILES string of the molecule is CC(C)([C]1[CH][CH][CH][CH]1)[C]1[C]2C=C(C(C)(C)C)C=C[C]2[C]2C=CC(C(C)(C)C)=C[C]21.[Cl][Zr+2][Cl]. The van der Waals surface area contributed by atoms with E-state index in [4.69, 9.17) is 17.0 Å². The van der Waals surface area contributed by atoms with E-state index in [0.717, 1.165) is 0 Å². The van der Waals surface area contributed by atoms with Crippen molar-refractivity contribution < 1.29 is 20.8 Å². The maximum absolute atomic E-state index is 4.93. The summed E-state index contributed by atoms with van der Waals surface area (Å²) < 4.78 is 0. The first-order chi connectivity index (χ1) is 14.8. The molecule has 4 aliphatic carbocycles. The molecule has 0 spiro atoms. The van der Waals surface area contributed by atoms with E-state index in [9.17, 15) is 0 Å². The van der Waals surface area contributed by atoms with Crippen molar-refractivity contribution in [2.75, 3.05) is 0 Å². The quantitative estimate of drug-likeness (QED) is 0.326. The van der Waals surface area contributed by atoms with Gasteiger partial charge in [-0.15, -0.1) is 0 Å². The fourth-order valence-corrected chi connectivity index (χ4v) is 4.66. The zero-order valence-corrected chi connectivity index (χ0v) is 24.5. The van der Waals surface area contributed by atoms with E-state index < -0.39 is 20.8 Å². The molecule has 0 atom stereocenters. The fourth-order valence-electron chi connectivity index (χ4n) is 4.66. The Morgan fingerprint density at radius 2 is 0.969 bits per heavy atom. The molecule has 0 saturated heterocycles. The van der Waals surface area contributed by atoms with Crippen LogP contribution in [0.3, 0.4) is 0 Å². The molecule has 0 heterocycles. The molecule has 0 aromatic heterocycles. The summed E-state index contributed by atoms with van der Waals surface area (Å²) in [4.78, 5) is 0. The number of hydrogen-bond acceptors (Lipinski definition) is 0. The third kappa shape index (κ3) is 5.46. The summed E-state index contributed by atoms with van der Waals surface area (Å²) in [5, 5.41) is 0. The number of allylic oxidation sites excluding steroid dienone is 8. The van der Waals surface area contributed by atoms with E-state index in [1.165, 1.54) is 46.7 Å². The molecule has 32 heavy (non-hydrogen) atoms. The van der Waals surface area contributed by atoms with Crippen molar-refractivity contribution in [2.45, 2.75) is 55.4 Å². The van der Waals surface area contributed by atoms with Gasteiger partial charge in [0.1, 0.15) is 0 Å². The van der Waals surface area contributed by atoms with Crippen LogP contribution in [-0.4, -0.2) is 0 Å². The van der Waals surface area contributed by atoms with Crippen LogP contribution in [0.25, 0.3) is 0 Å². The molecule has 2 fully saturated rings. The summed E-state index contributed by atoms with van der Waals surface area (Å²) in [5.41, 5.74) is 3.01. The predicted molar refractivity (Wildman–Crippen MR) is 136 cm³/mol. The van der Waals surface area contributed by atoms with Gasteiger partial charge in [-0.1, -0.05) is 91.8 Å². The number of rotatable bonds is 2. The summed E-state index contributed by atoms with van der Waals surface area (Å²) in [6, 6.07) is 0. The molecule has 3 heteroatoms. The molecule has 4 aliphatic rings. The van der Waals surface area contributed by atoms with Gasteiger partial charge in [0.25, 0.3) is 0 Å². The van der Waals surface area contributed by atoms with Gasteiger partial charge in [-0.3, -0.25) is 0 Å². The van der Waals surface area contributed by atoms with Crippen molar-refractivity contribution >= 4 is 17.0 Å². The summed E-state index contributed by atoms with van der Waals surface area (Å²) in [5.74, 6) is 8.42. The molecule has 0 unspecified atom stereocenters. The average molecular weight is 545 g/mol. The normalized spacial score (nSPS) is 23.9. The van der Waals surface area contributed by atoms with Crippen LogP contribution in [0, 0.1) is 77.4 Å². The number of fused-ring (bicyclic) bond motifs is 3. The molecule has 10 radical (unpaired) electrons. The molecule has 2 saturated carbocycles. The second kappa shape index (κ2) is 10.2. The van der Waals surface area contributed by atoms with Crippen LogP contribution in [0.4, 0.5) is 0 Å². The Bertz CT molecular complexity index is 729. The first kappa shape index (κ1) is 27.0. The van der Waals surface area contributed by atoms with Gasteiger partial charge >= 0.3 is 37.9 Å². The van der Waals surface area contributed by atoms with Gasteiger partial charge in [0.05, 0.1) is 0 Å². The van der Waals surface area contributed by atoms with Gasteiger partial charge < -0.3 is 0 Å². The van der Waals surface area contributed by atoms with Gasteiger partial charge in [-0.2, -0.15) is 0 Å². The molecule has 0 bridgehead atoms. The van der Waals surface area contributed by atoms with E-state index >= 15 is 0 Å². The molecule has 0 aliphatic heterocycles. The summed E-state index contributed by atoms with van der Waals surface area (Å²) in [6.07, 6.45) is 23.1. The third-order valence-electron chi connectivity index (χ3n) is 6.61. The minimum absolute atomic E-state index is 0.0590. The Hall–Kier alpha value is 0.423. The Morgan fingerprint density at radius 3 is 1.31 bits per heavy atom. The standard InChI is InChI=1S/C29H34.2ClH.Zr/c1-27(2,3)20-13-15-22-23-16-14-21(28(4,5)6)18-25(23)26(24(22)17-20)29(7,8)19-11-9-10-12-19;;;/h9-18H,1-8H3;2*1H;/q;;;+4/p-2. The van der Waals surface area contributed by atoms with E-state index in [0.29, 0.717) is 0 Å². The molecular weight excluding hydrogens is 510 g/mol. The minimum atomic E-state index is -0.826. The van der Waals surface area contributed by atoms with Crippen molar-refractivity contribution in [2.24, 2.45) is 16.2 Å². The molecule has 0 nitrogen and oxygen atoms in total. The zero-order valence-electron chi connectivity index (χ0n) is 20.5. The van der Waals surface area contributed by atoms with Gasteiger partial charge in [0.2, 0.25) is 0 Å². The van der Waals surface area contributed by atoms with Gasteiger partial charge in [0.15, 0.2) is 0 Å². The van der Waals surface area contributed by atoms with Crippen LogP contribution in [0.15, 0.2) is 47.6 Å². The van der Waals surface area contributed by atoms with E-state index in [-0.39, 0.29) is 16.2 Å². The molecule has 0 amide bonds. The summed E-state index contributed by atoms with van der Waals surface area (Å²) in [6.45, 7) is 18.6. The van der Waals surface area contributed by atoms with E-state index in [1.807, 2.05) is 0 Å². The van der Waals surface area contributed by atoms with Crippen LogP contribution in [0.2, 0.25) is 0 Å². The summed E-state index contributed by atoms with van der Waals surface area (Å²) in [7, 11) is 9.87. The van der Waals surface area contributed by atoms with Crippen molar-refractivity contribution in [1.29, 1.82) is 0 Å². The van der Waals surface area contributed by atoms with Crippen LogP contribution in [0.5, 0.6) is 0 Å². The van der Waals surface area contributed by atoms with Gasteiger partial charge in [-0.25, -0.2) is 0 Å². The predicted octanol–water partition coefficient (Wildman–Crippen LogP) is 8.77. The molecule has 166 valence electrons. The number of hydrogen-bond donors (Lipinski definition) is 0. The fraction of sp³-hybridized carbons (Fsp3) is 0.379. The van der Waals surface area contributed by atoms with Crippen molar-refractivity contribution in [3.05, 3.63) is 109 Å². The molecule has 4 rings (SSSR count). The van der Waals surface area contributed by atoms with Crippen molar-refractivity contribution in [3.63, 3.8) is 0 Å². The van der Waals surface area contributed by atoms with Crippen LogP contribution in [0.1, 0.15) is 55.4 Å². The monoisotopic (exact) mass is 542 g/mol. The van der Waals surface area contributed by atoms with Crippen LogP contribution in [-0.2, 0) is 20.8 Å². The Balaban J connectivity index is 0.000000913. The zero-order chi connectivity index (χ0) is 23.9. The van der Waals surface area contributed by atoms with E-state index in [2.05, 4.69) is 118 Å². The average Bonchev–Trinajstić information content (AvgIpc) is 3.33. The van der Waals surface area contributed by atoms with Crippen LogP contribution >= 0.6 is 17.0 Å². The molecule has 0 aromatic carbocycles. The molecular formula is C29H34Cl2Zr+2. The maximum atomic E-state index is 4.93. The topological polar surface area (TPSA) is 0 Å². The molecule has 0 aromatic rings. The summed E-state index contributed by atoms with van der Waals surface area (Å²) >= 11 is -0.826. The Kier molecular flexibility index (Phi) is 8.60. The third-order valence-corrected chi connectivity index (χ3v) is 6.61. The Morgan fingerprint density at radius 1 is 0.594 bits per heavy atom. The van der Waals surface area contributed by atoms with Crippen molar-refractivity contribution in [1.82, 2.24) is 0 Å². The van der Waals surface area contributed by atoms with Gasteiger partial charge in [0, 0.05) is 29.6 Å².